The lowest BCUT2D eigenvalue weighted by Crippen LogP contribution is -2.39. The second kappa shape index (κ2) is 5.67. The van der Waals surface area contributed by atoms with Crippen molar-refractivity contribution < 1.29 is 4.79 Å². The van der Waals surface area contributed by atoms with Gasteiger partial charge < -0.3 is 11.1 Å². The second-order valence-electron chi connectivity index (χ2n) is 5.46. The Hall–Kier alpha value is -0.570. The predicted molar refractivity (Wildman–Crippen MR) is 67.0 cm³/mol. The topological polar surface area (TPSA) is 55.1 Å². The standard InChI is InChI=1S/C13H26N2O/c1-4-5-11(8-14)12(16)15-9-13(6-7-13)10(2)3/h10-11H,4-9,14H2,1-3H3,(H,15,16). The molecule has 1 saturated carbocycles. The highest BCUT2D eigenvalue weighted by Gasteiger charge is 2.45. The molecule has 94 valence electrons. The second-order valence-corrected chi connectivity index (χ2v) is 5.46. The van der Waals surface area contributed by atoms with Crippen molar-refractivity contribution in [3.05, 3.63) is 0 Å². The third kappa shape index (κ3) is 3.21. The van der Waals surface area contributed by atoms with E-state index in [4.69, 9.17) is 5.73 Å². The number of carbonyl (C=O) groups is 1. The summed E-state index contributed by atoms with van der Waals surface area (Å²) in [6.07, 6.45) is 4.43. The molecule has 1 atom stereocenters. The smallest absolute Gasteiger partial charge is 0.224 e. The maximum atomic E-state index is 11.9. The summed E-state index contributed by atoms with van der Waals surface area (Å²) in [4.78, 5) is 11.9. The van der Waals surface area contributed by atoms with Crippen molar-refractivity contribution in [1.29, 1.82) is 0 Å². The Morgan fingerprint density at radius 3 is 2.44 bits per heavy atom. The van der Waals surface area contributed by atoms with Crippen LogP contribution < -0.4 is 11.1 Å². The molecule has 1 unspecified atom stereocenters. The SMILES string of the molecule is CCCC(CN)C(=O)NCC1(C(C)C)CC1. The number of carbonyl (C=O) groups excluding carboxylic acids is 1. The van der Waals surface area contributed by atoms with Crippen LogP contribution in [0.3, 0.4) is 0 Å². The summed E-state index contributed by atoms with van der Waals surface area (Å²) in [5.41, 5.74) is 6.00. The van der Waals surface area contributed by atoms with Gasteiger partial charge in [0.1, 0.15) is 0 Å². The van der Waals surface area contributed by atoms with E-state index in [0.717, 1.165) is 19.4 Å². The van der Waals surface area contributed by atoms with Crippen molar-refractivity contribution in [2.75, 3.05) is 13.1 Å². The zero-order chi connectivity index (χ0) is 12.2. The van der Waals surface area contributed by atoms with Gasteiger partial charge in [0.25, 0.3) is 0 Å². The van der Waals surface area contributed by atoms with Gasteiger partial charge in [0.15, 0.2) is 0 Å². The first-order chi connectivity index (χ1) is 7.55. The fourth-order valence-electron chi connectivity index (χ4n) is 2.23. The van der Waals surface area contributed by atoms with Crippen molar-refractivity contribution in [3.8, 4) is 0 Å². The summed E-state index contributed by atoms with van der Waals surface area (Å²) in [5.74, 6) is 0.819. The summed E-state index contributed by atoms with van der Waals surface area (Å²) in [5, 5.41) is 3.08. The van der Waals surface area contributed by atoms with Crippen molar-refractivity contribution in [3.63, 3.8) is 0 Å². The Kier molecular flexibility index (Phi) is 4.78. The molecule has 3 heteroatoms. The van der Waals surface area contributed by atoms with E-state index in [2.05, 4.69) is 26.1 Å². The highest BCUT2D eigenvalue weighted by atomic mass is 16.1. The zero-order valence-corrected chi connectivity index (χ0v) is 10.9. The van der Waals surface area contributed by atoms with Gasteiger partial charge in [-0.05, 0) is 30.6 Å². The number of nitrogens with two attached hydrogens (primary N) is 1. The van der Waals surface area contributed by atoms with E-state index in [-0.39, 0.29) is 11.8 Å². The van der Waals surface area contributed by atoms with Gasteiger partial charge in [-0.1, -0.05) is 27.2 Å². The summed E-state index contributed by atoms with van der Waals surface area (Å²) >= 11 is 0. The molecule has 0 radical (unpaired) electrons. The Balaban J connectivity index is 2.34. The van der Waals surface area contributed by atoms with E-state index < -0.39 is 0 Å². The third-order valence-electron chi connectivity index (χ3n) is 4.02. The summed E-state index contributed by atoms with van der Waals surface area (Å²) < 4.78 is 0. The van der Waals surface area contributed by atoms with Crippen LogP contribution in [0.1, 0.15) is 46.5 Å². The molecule has 1 rings (SSSR count). The van der Waals surface area contributed by atoms with Crippen LogP contribution in [0.4, 0.5) is 0 Å². The van der Waals surface area contributed by atoms with Gasteiger partial charge in [-0.2, -0.15) is 0 Å². The normalized spacial score (nSPS) is 19.6. The minimum atomic E-state index is 0.00737. The number of hydrogen-bond donors (Lipinski definition) is 2. The minimum absolute atomic E-state index is 0.00737. The Morgan fingerprint density at radius 1 is 1.44 bits per heavy atom. The van der Waals surface area contributed by atoms with Crippen LogP contribution in [0.25, 0.3) is 0 Å². The molecule has 0 aromatic carbocycles. The molecular formula is C13H26N2O. The Labute approximate surface area is 99.2 Å². The first-order valence-corrected chi connectivity index (χ1v) is 6.53. The molecule has 0 aliphatic heterocycles. The van der Waals surface area contributed by atoms with E-state index >= 15 is 0 Å². The van der Waals surface area contributed by atoms with Crippen molar-refractivity contribution in [1.82, 2.24) is 5.32 Å². The van der Waals surface area contributed by atoms with E-state index in [1.165, 1.54) is 12.8 Å². The molecule has 3 nitrogen and oxygen atoms in total. The van der Waals surface area contributed by atoms with E-state index in [1.807, 2.05) is 0 Å². The lowest BCUT2D eigenvalue weighted by Gasteiger charge is -2.22. The van der Waals surface area contributed by atoms with Gasteiger partial charge >= 0.3 is 0 Å². The Bertz CT molecular complexity index is 234. The van der Waals surface area contributed by atoms with Crippen molar-refractivity contribution >= 4 is 5.91 Å². The molecule has 0 aromatic rings. The molecule has 0 spiro atoms. The molecule has 1 aliphatic carbocycles. The summed E-state index contributed by atoms with van der Waals surface area (Å²) in [7, 11) is 0. The number of rotatable bonds is 7. The quantitative estimate of drug-likeness (QED) is 0.697. The number of nitrogens with one attached hydrogen (secondary N) is 1. The van der Waals surface area contributed by atoms with Crippen molar-refractivity contribution in [2.24, 2.45) is 23.0 Å². The van der Waals surface area contributed by atoms with Gasteiger partial charge in [0.2, 0.25) is 5.91 Å². The fraction of sp³-hybridized carbons (Fsp3) is 0.923. The van der Waals surface area contributed by atoms with Crippen LogP contribution in [0.2, 0.25) is 0 Å². The summed E-state index contributed by atoms with van der Waals surface area (Å²) in [6, 6.07) is 0. The lowest BCUT2D eigenvalue weighted by atomic mass is 9.92. The molecule has 1 fully saturated rings. The molecule has 0 aromatic heterocycles. The van der Waals surface area contributed by atoms with Crippen LogP contribution in [-0.2, 0) is 4.79 Å². The number of hydrogen-bond acceptors (Lipinski definition) is 2. The van der Waals surface area contributed by atoms with Gasteiger partial charge in [0, 0.05) is 13.1 Å². The van der Waals surface area contributed by atoms with Gasteiger partial charge in [-0.15, -0.1) is 0 Å². The average Bonchev–Trinajstić information content (AvgIpc) is 3.03. The van der Waals surface area contributed by atoms with Crippen LogP contribution in [0, 0.1) is 17.3 Å². The van der Waals surface area contributed by atoms with Crippen LogP contribution >= 0.6 is 0 Å². The van der Waals surface area contributed by atoms with Crippen LogP contribution in [0.15, 0.2) is 0 Å². The third-order valence-corrected chi connectivity index (χ3v) is 4.02. The maximum Gasteiger partial charge on any atom is 0.224 e. The van der Waals surface area contributed by atoms with Crippen LogP contribution in [0.5, 0.6) is 0 Å². The van der Waals surface area contributed by atoms with Crippen LogP contribution in [-0.4, -0.2) is 19.0 Å². The van der Waals surface area contributed by atoms with E-state index in [0.29, 0.717) is 17.9 Å². The van der Waals surface area contributed by atoms with E-state index in [1.54, 1.807) is 0 Å². The highest BCUT2D eigenvalue weighted by Crippen LogP contribution is 2.51. The van der Waals surface area contributed by atoms with Gasteiger partial charge in [0.05, 0.1) is 5.92 Å². The lowest BCUT2D eigenvalue weighted by molar-refractivity contribution is -0.125. The average molecular weight is 226 g/mol. The molecule has 0 saturated heterocycles. The molecule has 3 N–H and O–H groups in total. The number of amides is 1. The fourth-order valence-corrected chi connectivity index (χ4v) is 2.23. The van der Waals surface area contributed by atoms with E-state index in [9.17, 15) is 4.79 Å². The molecule has 0 bridgehead atoms. The molecule has 1 amide bonds. The maximum absolute atomic E-state index is 11.9. The molecule has 16 heavy (non-hydrogen) atoms. The van der Waals surface area contributed by atoms with Crippen molar-refractivity contribution in [2.45, 2.75) is 46.5 Å². The molecule has 1 aliphatic rings. The minimum Gasteiger partial charge on any atom is -0.355 e. The Morgan fingerprint density at radius 2 is 2.06 bits per heavy atom. The van der Waals surface area contributed by atoms with Gasteiger partial charge in [-0.25, -0.2) is 0 Å². The van der Waals surface area contributed by atoms with Gasteiger partial charge in [-0.3, -0.25) is 4.79 Å². The first-order valence-electron chi connectivity index (χ1n) is 6.53. The predicted octanol–water partition coefficient (Wildman–Crippen LogP) is 1.91. The molecule has 0 heterocycles. The molecular weight excluding hydrogens is 200 g/mol. The highest BCUT2D eigenvalue weighted by molar-refractivity contribution is 5.78. The first kappa shape index (κ1) is 13.5. The largest absolute Gasteiger partial charge is 0.355 e. The monoisotopic (exact) mass is 226 g/mol. The zero-order valence-electron chi connectivity index (χ0n) is 10.9. The summed E-state index contributed by atoms with van der Waals surface area (Å²) in [6.45, 7) is 7.88.